The van der Waals surface area contributed by atoms with E-state index < -0.39 is 43.3 Å². The van der Waals surface area contributed by atoms with Gasteiger partial charge in [-0.15, -0.1) is 0 Å². The van der Waals surface area contributed by atoms with E-state index in [2.05, 4.69) is 59.9 Å². The van der Waals surface area contributed by atoms with Gasteiger partial charge >= 0.3 is 19.2 Å². The number of carbonyl (C=O) groups excluding carboxylic acids is 2. The number of rotatable bonds is 11. The van der Waals surface area contributed by atoms with Crippen molar-refractivity contribution in [2.24, 2.45) is 26.2 Å². The van der Waals surface area contributed by atoms with Gasteiger partial charge in [-0.05, 0) is 68.3 Å². The molecular formula is C34H44ClF4N9O3. The number of alkyl halides is 4. The fourth-order valence-corrected chi connectivity index (χ4v) is 4.29. The molecule has 51 heavy (non-hydrogen) atoms. The summed E-state index contributed by atoms with van der Waals surface area (Å²) in [6.07, 6.45) is 2.38. The monoisotopic (exact) mass is 737 g/mol. The zero-order valence-corrected chi connectivity index (χ0v) is 30.5. The van der Waals surface area contributed by atoms with Gasteiger partial charge in [-0.1, -0.05) is 57.5 Å². The van der Waals surface area contributed by atoms with Gasteiger partial charge in [0.05, 0.1) is 22.9 Å². The van der Waals surface area contributed by atoms with E-state index >= 15 is 0 Å². The molecule has 17 heteroatoms. The Morgan fingerprint density at radius 1 is 1.06 bits per heavy atom. The summed E-state index contributed by atoms with van der Waals surface area (Å²) in [5, 5.41) is 10.0. The lowest BCUT2D eigenvalue weighted by Gasteiger charge is -2.32. The third kappa shape index (κ3) is 13.3. The summed E-state index contributed by atoms with van der Waals surface area (Å²) in [6.45, 7) is 10.7. The molecule has 278 valence electrons. The van der Waals surface area contributed by atoms with Crippen LogP contribution in [0.25, 0.3) is 11.1 Å². The van der Waals surface area contributed by atoms with Crippen LogP contribution in [0.5, 0.6) is 0 Å². The van der Waals surface area contributed by atoms with Crippen molar-refractivity contribution in [3.8, 4) is 11.1 Å². The zero-order chi connectivity index (χ0) is 38.7. The van der Waals surface area contributed by atoms with Crippen LogP contribution in [-0.2, 0) is 4.74 Å². The minimum Gasteiger partial charge on any atom is -0.447 e. The van der Waals surface area contributed by atoms with Crippen molar-refractivity contribution in [1.29, 1.82) is 0 Å². The summed E-state index contributed by atoms with van der Waals surface area (Å²) < 4.78 is 59.9. The maximum absolute atomic E-state index is 14.0. The van der Waals surface area contributed by atoms with Gasteiger partial charge in [0, 0.05) is 29.9 Å². The van der Waals surface area contributed by atoms with Gasteiger partial charge in [0.15, 0.2) is 5.96 Å². The molecule has 0 aliphatic rings. The van der Waals surface area contributed by atoms with Crippen molar-refractivity contribution < 1.29 is 31.9 Å². The molecule has 0 radical (unpaired) electrons. The number of anilines is 1. The summed E-state index contributed by atoms with van der Waals surface area (Å²) in [6, 6.07) is 8.66. The predicted octanol–water partition coefficient (Wildman–Crippen LogP) is 7.98. The lowest BCUT2D eigenvalue weighted by Crippen LogP contribution is -2.47. The van der Waals surface area contributed by atoms with E-state index in [1.54, 1.807) is 20.8 Å². The molecule has 0 saturated carbocycles. The number of aliphatic imine (C=N–C) groups is 2. The van der Waals surface area contributed by atoms with E-state index in [4.69, 9.17) is 22.1 Å². The number of guanidine groups is 1. The summed E-state index contributed by atoms with van der Waals surface area (Å²) in [5.41, 5.74) is 6.93. The maximum Gasteiger partial charge on any atom is 0.407 e. The summed E-state index contributed by atoms with van der Waals surface area (Å²) in [5.74, 6) is -1.01. The normalized spacial score (nSPS) is 12.7. The number of amides is 2. The molecule has 3 N–H and O–H groups in total. The van der Waals surface area contributed by atoms with Crippen LogP contribution in [0.2, 0.25) is 5.02 Å². The van der Waals surface area contributed by atoms with E-state index in [9.17, 15) is 27.2 Å². The number of hydrazone groups is 1. The Morgan fingerprint density at radius 2 is 1.67 bits per heavy atom. The third-order valence-electron chi connectivity index (χ3n) is 6.17. The van der Waals surface area contributed by atoms with E-state index in [0.717, 1.165) is 17.4 Å². The second-order valence-corrected chi connectivity index (χ2v) is 14.0. The Hall–Kier alpha value is -4.99. The summed E-state index contributed by atoms with van der Waals surface area (Å²) in [7, 11) is 1.33. The van der Waals surface area contributed by atoms with E-state index in [0.29, 0.717) is 26.2 Å². The van der Waals surface area contributed by atoms with Crippen molar-refractivity contribution in [2.45, 2.75) is 73.1 Å². The van der Waals surface area contributed by atoms with Crippen molar-refractivity contribution in [1.82, 2.24) is 20.0 Å². The number of nitrogens with zero attached hydrogens (tertiary/aromatic N) is 7. The number of hydrogen-bond donors (Lipinski definition) is 2. The predicted molar refractivity (Wildman–Crippen MR) is 193 cm³/mol. The highest BCUT2D eigenvalue weighted by Crippen LogP contribution is 2.34. The van der Waals surface area contributed by atoms with Crippen LogP contribution < -0.4 is 16.1 Å². The Morgan fingerprint density at radius 3 is 2.16 bits per heavy atom. The molecule has 1 aromatic heterocycles. The first-order valence-electron chi connectivity index (χ1n) is 15.5. The minimum absolute atomic E-state index is 0.0887. The Kier molecular flexibility index (Phi) is 15.1. The molecule has 0 spiro atoms. The first-order chi connectivity index (χ1) is 23.7. The van der Waals surface area contributed by atoms with Crippen molar-refractivity contribution in [2.75, 3.05) is 18.7 Å². The molecule has 0 fully saturated rings. The van der Waals surface area contributed by atoms with Crippen LogP contribution in [0.1, 0.15) is 77.0 Å². The topological polar surface area (TPSA) is 143 Å². The van der Waals surface area contributed by atoms with E-state index in [1.165, 1.54) is 55.7 Å². The molecule has 0 aliphatic heterocycles. The molecule has 3 aromatic rings. The number of halogens is 5. The van der Waals surface area contributed by atoms with Crippen LogP contribution in [0, 0.1) is 5.41 Å². The number of ether oxygens (including phenoxy) is 1. The number of hydrogen-bond acceptors (Lipinski definition) is 7. The zero-order valence-electron chi connectivity index (χ0n) is 29.7. The molecule has 0 saturated heterocycles. The fourth-order valence-electron chi connectivity index (χ4n) is 4.09. The minimum atomic E-state index is -3.15. The standard InChI is InChI=1S/C29H32ClF4N9O3.C5H12/c1-29(2,3)40-28(45)46-15-23(19-10-11-21(30)22(12-19)43(26(33)34)39-16-36-4)42(27(35)37-5)24(44)18-8-6-17(7-9-18)20-13-38-41(14-20)25(31)32;1-5(2,3)4/h6-14,16,23,25-26H,4,15H2,1-3,5H3,(H2,35,37)(H,40,45);1-4H3/b39-16-;/t23-;/m1./s1. The third-order valence-corrected chi connectivity index (χ3v) is 6.49. The van der Waals surface area contributed by atoms with Crippen LogP contribution >= 0.6 is 11.6 Å². The molecule has 0 bridgehead atoms. The van der Waals surface area contributed by atoms with Crippen LogP contribution in [0.3, 0.4) is 0 Å². The second kappa shape index (κ2) is 18.3. The molecule has 1 atom stereocenters. The molecule has 2 aromatic carbocycles. The SMILES string of the molecule is C=N/C=N\N(c1cc([C@@H](COC(=O)NC(C)(C)C)N(C(=O)c2ccc(-c3cnn(C(F)F)c3)cc2)C(N)=NC)ccc1Cl)C(F)F.CC(C)(C)C. The summed E-state index contributed by atoms with van der Waals surface area (Å²) in [4.78, 5) is 35.0. The molecule has 0 aliphatic carbocycles. The lowest BCUT2D eigenvalue weighted by atomic mass is 10.0. The van der Waals surface area contributed by atoms with Gasteiger partial charge in [0.1, 0.15) is 12.9 Å². The number of carbonyl (C=O) groups is 2. The maximum atomic E-state index is 14.0. The number of benzene rings is 2. The van der Waals surface area contributed by atoms with Gasteiger partial charge in [0.25, 0.3) is 5.91 Å². The highest BCUT2D eigenvalue weighted by Gasteiger charge is 2.32. The van der Waals surface area contributed by atoms with Gasteiger partial charge in [0.2, 0.25) is 0 Å². The summed E-state index contributed by atoms with van der Waals surface area (Å²) >= 11 is 6.26. The number of nitrogens with two attached hydrogens (primary N) is 1. The van der Waals surface area contributed by atoms with Crippen molar-refractivity contribution in [3.05, 3.63) is 71.0 Å². The number of aromatic nitrogens is 2. The highest BCUT2D eigenvalue weighted by atomic mass is 35.5. The highest BCUT2D eigenvalue weighted by molar-refractivity contribution is 6.33. The van der Waals surface area contributed by atoms with E-state index in [-0.39, 0.29) is 27.8 Å². The van der Waals surface area contributed by atoms with E-state index in [1.807, 2.05) is 0 Å². The average Bonchev–Trinajstić information content (AvgIpc) is 3.53. The quantitative estimate of drug-likeness (QED) is 0.0672. The molecule has 1 heterocycles. The Balaban J connectivity index is 0.00000168. The molecule has 3 rings (SSSR count). The Bertz CT molecular complexity index is 1680. The van der Waals surface area contributed by atoms with Gasteiger partial charge in [-0.2, -0.15) is 27.8 Å². The lowest BCUT2D eigenvalue weighted by molar-refractivity contribution is 0.0566. The van der Waals surface area contributed by atoms with Gasteiger partial charge < -0.3 is 15.8 Å². The van der Waals surface area contributed by atoms with Crippen LogP contribution in [-0.4, -0.2) is 71.4 Å². The molecule has 12 nitrogen and oxygen atoms in total. The molecule has 0 unspecified atom stereocenters. The average molecular weight is 738 g/mol. The number of nitrogens with one attached hydrogen (secondary N) is 1. The fraction of sp³-hybridized carbons (Fsp3) is 0.412. The van der Waals surface area contributed by atoms with Crippen molar-refractivity contribution >= 4 is 48.3 Å². The van der Waals surface area contributed by atoms with Crippen molar-refractivity contribution in [3.63, 3.8) is 0 Å². The second-order valence-electron chi connectivity index (χ2n) is 13.6. The van der Waals surface area contributed by atoms with Crippen LogP contribution in [0.4, 0.5) is 28.0 Å². The number of alkyl carbamates (subject to hydrolysis) is 1. The van der Waals surface area contributed by atoms with Crippen LogP contribution in [0.15, 0.2) is 69.9 Å². The Labute approximate surface area is 300 Å². The smallest absolute Gasteiger partial charge is 0.407 e. The van der Waals surface area contributed by atoms with Gasteiger partial charge in [-0.25, -0.2) is 14.5 Å². The molecular weight excluding hydrogens is 694 g/mol. The first-order valence-corrected chi connectivity index (χ1v) is 15.8. The molecule has 2 amide bonds. The first kappa shape index (κ1) is 42.2. The van der Waals surface area contributed by atoms with Gasteiger partial charge in [-0.3, -0.25) is 19.7 Å². The largest absolute Gasteiger partial charge is 0.447 e.